The van der Waals surface area contributed by atoms with E-state index in [-0.39, 0.29) is 22.8 Å². The highest BCUT2D eigenvalue weighted by molar-refractivity contribution is 7.99. The van der Waals surface area contributed by atoms with E-state index in [0.717, 1.165) is 16.3 Å². The Morgan fingerprint density at radius 3 is 2.58 bits per heavy atom. The predicted octanol–water partition coefficient (Wildman–Crippen LogP) is 2.61. The molecule has 0 aliphatic heterocycles. The van der Waals surface area contributed by atoms with Gasteiger partial charge >= 0.3 is 12.2 Å². The fourth-order valence-corrected chi connectivity index (χ4v) is 2.66. The molecule has 26 heavy (non-hydrogen) atoms. The van der Waals surface area contributed by atoms with Crippen molar-refractivity contribution in [3.05, 3.63) is 36.2 Å². The molecule has 0 aliphatic carbocycles. The summed E-state index contributed by atoms with van der Waals surface area (Å²) in [7, 11) is 1.17. The van der Waals surface area contributed by atoms with Gasteiger partial charge in [-0.05, 0) is 12.1 Å². The molecule has 0 aliphatic rings. The van der Waals surface area contributed by atoms with Crippen LogP contribution in [0, 0.1) is 0 Å². The largest absolute Gasteiger partial charge is 0.451 e. The van der Waals surface area contributed by atoms with Gasteiger partial charge in [0, 0.05) is 12.6 Å². The van der Waals surface area contributed by atoms with E-state index in [1.807, 2.05) is 6.07 Å². The van der Waals surface area contributed by atoms with Crippen molar-refractivity contribution in [1.82, 2.24) is 25.0 Å². The van der Waals surface area contributed by atoms with E-state index in [9.17, 15) is 18.0 Å². The van der Waals surface area contributed by atoms with E-state index in [1.54, 1.807) is 24.3 Å². The van der Waals surface area contributed by atoms with Crippen molar-refractivity contribution < 1.29 is 22.4 Å². The summed E-state index contributed by atoms with van der Waals surface area (Å²) in [5, 5.41) is 16.4. The second-order valence-electron chi connectivity index (χ2n) is 4.98. The van der Waals surface area contributed by atoms with Gasteiger partial charge in [0.1, 0.15) is 0 Å². The zero-order chi connectivity index (χ0) is 18.7. The molecule has 1 aromatic carbocycles. The summed E-state index contributed by atoms with van der Waals surface area (Å²) >= 11 is 0.802. The van der Waals surface area contributed by atoms with E-state index in [4.69, 9.17) is 4.42 Å². The normalized spacial score (nSPS) is 11.5. The minimum Gasteiger partial charge on any atom is -0.403 e. The zero-order valence-electron chi connectivity index (χ0n) is 13.2. The van der Waals surface area contributed by atoms with Crippen molar-refractivity contribution >= 4 is 23.7 Å². The number of carbonyl (C=O) groups excluding carboxylic acids is 1. The molecule has 12 heteroatoms. The maximum absolute atomic E-state index is 12.7. The summed E-state index contributed by atoms with van der Waals surface area (Å²) in [6, 6.07) is 8.84. The lowest BCUT2D eigenvalue weighted by Crippen LogP contribution is -2.15. The van der Waals surface area contributed by atoms with Crippen LogP contribution in [0.15, 0.2) is 39.9 Å². The first-order valence-corrected chi connectivity index (χ1v) is 8.11. The molecule has 1 amide bonds. The smallest absolute Gasteiger partial charge is 0.403 e. The van der Waals surface area contributed by atoms with Gasteiger partial charge in [-0.2, -0.15) is 13.2 Å². The maximum atomic E-state index is 12.7. The molecule has 1 N–H and O–H groups in total. The molecule has 3 aromatic rings. The second-order valence-corrected chi connectivity index (χ2v) is 5.92. The van der Waals surface area contributed by atoms with Crippen LogP contribution < -0.4 is 5.32 Å². The van der Waals surface area contributed by atoms with Gasteiger partial charge in [-0.25, -0.2) is 0 Å². The Bertz CT molecular complexity index is 909. The van der Waals surface area contributed by atoms with Crippen molar-refractivity contribution in [2.24, 2.45) is 7.05 Å². The van der Waals surface area contributed by atoms with Crippen molar-refractivity contribution in [1.29, 1.82) is 0 Å². The number of aromatic nitrogens is 5. The molecule has 0 saturated heterocycles. The third-order valence-corrected chi connectivity index (χ3v) is 4.13. The van der Waals surface area contributed by atoms with Crippen LogP contribution in [0.5, 0.6) is 0 Å². The topological polar surface area (TPSA) is 98.7 Å². The third kappa shape index (κ3) is 4.02. The van der Waals surface area contributed by atoms with Crippen LogP contribution >= 0.6 is 11.8 Å². The molecule has 0 fully saturated rings. The van der Waals surface area contributed by atoms with Gasteiger partial charge in [0.2, 0.25) is 17.6 Å². The summed E-state index contributed by atoms with van der Waals surface area (Å²) < 4.78 is 44.0. The Labute approximate surface area is 148 Å². The Morgan fingerprint density at radius 1 is 1.19 bits per heavy atom. The van der Waals surface area contributed by atoms with E-state index >= 15 is 0 Å². The maximum Gasteiger partial charge on any atom is 0.451 e. The molecule has 0 atom stereocenters. The summed E-state index contributed by atoms with van der Waals surface area (Å²) in [6.07, 6.45) is -4.61. The molecule has 0 spiro atoms. The highest BCUT2D eigenvalue weighted by Crippen LogP contribution is 2.29. The van der Waals surface area contributed by atoms with Crippen LogP contribution in [0.25, 0.3) is 11.5 Å². The quantitative estimate of drug-likeness (QED) is 0.675. The Morgan fingerprint density at radius 2 is 1.92 bits per heavy atom. The van der Waals surface area contributed by atoms with Crippen LogP contribution in [0.4, 0.5) is 19.2 Å². The van der Waals surface area contributed by atoms with Gasteiger partial charge < -0.3 is 8.98 Å². The number of anilines is 1. The summed E-state index contributed by atoms with van der Waals surface area (Å²) in [4.78, 5) is 11.9. The highest BCUT2D eigenvalue weighted by atomic mass is 32.2. The number of rotatable bonds is 5. The van der Waals surface area contributed by atoms with Crippen LogP contribution in [-0.2, 0) is 18.0 Å². The van der Waals surface area contributed by atoms with Crippen molar-refractivity contribution in [3.8, 4) is 11.5 Å². The zero-order valence-corrected chi connectivity index (χ0v) is 14.0. The average Bonchev–Trinajstić information content (AvgIpc) is 3.20. The Balaban J connectivity index is 1.59. The van der Waals surface area contributed by atoms with Crippen molar-refractivity contribution in [2.75, 3.05) is 11.1 Å². The molecular weight excluding hydrogens is 373 g/mol. The lowest BCUT2D eigenvalue weighted by molar-refractivity contribution is -0.147. The monoisotopic (exact) mass is 384 g/mol. The Hall–Kier alpha value is -2.89. The summed E-state index contributed by atoms with van der Waals surface area (Å²) in [5.41, 5.74) is 0.689. The molecular formula is C14H11F3N6O2S. The average molecular weight is 384 g/mol. The van der Waals surface area contributed by atoms with Gasteiger partial charge in [-0.3, -0.25) is 10.1 Å². The number of hydrogen-bond donors (Lipinski definition) is 1. The number of hydrogen-bond acceptors (Lipinski definition) is 7. The van der Waals surface area contributed by atoms with Crippen LogP contribution in [0.3, 0.4) is 0 Å². The van der Waals surface area contributed by atoms with Gasteiger partial charge in [0.25, 0.3) is 0 Å². The second kappa shape index (κ2) is 7.15. The van der Waals surface area contributed by atoms with E-state index in [2.05, 4.69) is 25.7 Å². The number of amides is 1. The van der Waals surface area contributed by atoms with E-state index in [0.29, 0.717) is 5.56 Å². The molecule has 2 heterocycles. The molecule has 0 bridgehead atoms. The van der Waals surface area contributed by atoms with Crippen LogP contribution in [-0.4, -0.2) is 36.6 Å². The van der Waals surface area contributed by atoms with Gasteiger partial charge in [0.05, 0.1) is 5.75 Å². The fraction of sp³-hybridized carbons (Fsp3) is 0.214. The molecule has 0 radical (unpaired) electrons. The van der Waals surface area contributed by atoms with Crippen LogP contribution in [0.2, 0.25) is 0 Å². The highest BCUT2D eigenvalue weighted by Gasteiger charge is 2.37. The number of alkyl halides is 3. The number of nitrogens with zero attached hydrogens (tertiary/aromatic N) is 5. The standard InChI is InChI=1S/C14H11F3N6O2S/c1-23-11(14(15,16)17)20-22-13(23)26-7-9(24)18-12-21-19-10(25-12)8-5-3-2-4-6-8/h2-6H,7H2,1H3,(H,18,21,24). The molecule has 2 aromatic heterocycles. The molecule has 0 saturated carbocycles. The third-order valence-electron chi connectivity index (χ3n) is 3.11. The summed E-state index contributed by atoms with van der Waals surface area (Å²) in [6.45, 7) is 0. The molecule has 3 rings (SSSR count). The first-order chi connectivity index (χ1) is 12.3. The first kappa shape index (κ1) is 17.9. The number of halogens is 3. The molecule has 8 nitrogen and oxygen atoms in total. The van der Waals surface area contributed by atoms with Gasteiger partial charge in [-0.1, -0.05) is 35.1 Å². The number of nitrogens with one attached hydrogen (secondary N) is 1. The fourth-order valence-electron chi connectivity index (χ4n) is 1.94. The Kier molecular flexibility index (Phi) is 4.93. The number of thioether (sulfide) groups is 1. The van der Waals surface area contributed by atoms with Crippen molar-refractivity contribution in [2.45, 2.75) is 11.3 Å². The van der Waals surface area contributed by atoms with E-state index in [1.165, 1.54) is 7.05 Å². The SMILES string of the molecule is Cn1c(SCC(=O)Nc2nnc(-c3ccccc3)o2)nnc1C(F)(F)F. The van der Waals surface area contributed by atoms with E-state index < -0.39 is 17.9 Å². The van der Waals surface area contributed by atoms with Crippen molar-refractivity contribution in [3.63, 3.8) is 0 Å². The minimum absolute atomic E-state index is 0.0389. The lowest BCUT2D eigenvalue weighted by atomic mass is 10.2. The first-order valence-electron chi connectivity index (χ1n) is 7.13. The van der Waals surface area contributed by atoms with Crippen LogP contribution in [0.1, 0.15) is 5.82 Å². The summed E-state index contributed by atoms with van der Waals surface area (Å²) in [5.74, 6) is -1.64. The molecule has 136 valence electrons. The molecule has 0 unspecified atom stereocenters. The minimum atomic E-state index is -4.61. The predicted molar refractivity (Wildman–Crippen MR) is 85.1 cm³/mol. The van der Waals surface area contributed by atoms with Gasteiger partial charge in [0.15, 0.2) is 5.16 Å². The lowest BCUT2D eigenvalue weighted by Gasteiger charge is -2.05. The van der Waals surface area contributed by atoms with Gasteiger partial charge in [-0.15, -0.1) is 15.3 Å². The number of carbonyl (C=O) groups is 1. The number of benzene rings is 1.